The van der Waals surface area contributed by atoms with Crippen LogP contribution in [0.25, 0.3) is 0 Å². The van der Waals surface area contributed by atoms with Gasteiger partial charge in [0.25, 0.3) is 0 Å². The van der Waals surface area contributed by atoms with Crippen molar-refractivity contribution in [3.05, 3.63) is 29.8 Å². The third-order valence-corrected chi connectivity index (χ3v) is 4.46. The van der Waals surface area contributed by atoms with Crippen LogP contribution in [0.5, 0.6) is 0 Å². The molecule has 0 unspecified atom stereocenters. The summed E-state index contributed by atoms with van der Waals surface area (Å²) in [5.41, 5.74) is 2.77. The second kappa shape index (κ2) is 12.6. The molecule has 0 aliphatic rings. The van der Waals surface area contributed by atoms with Crippen molar-refractivity contribution in [2.45, 2.75) is 85.0 Å². The summed E-state index contributed by atoms with van der Waals surface area (Å²) in [6.45, 7) is 9.19. The first-order valence-corrected chi connectivity index (χ1v) is 9.59. The van der Waals surface area contributed by atoms with Crippen molar-refractivity contribution in [3.63, 3.8) is 0 Å². The number of anilines is 1. The standard InChI is InChI=1S/C21H37N/c1-4-6-8-10-12-18-22(19-13-11-9-7-5-2)21-16-14-20(3)15-17-21/h14-17H,4-13,18-19H2,1-3H3. The van der Waals surface area contributed by atoms with Crippen LogP contribution in [0.15, 0.2) is 24.3 Å². The third-order valence-electron chi connectivity index (χ3n) is 4.46. The zero-order valence-electron chi connectivity index (χ0n) is 15.2. The second-order valence-corrected chi connectivity index (χ2v) is 6.65. The SMILES string of the molecule is CCCCCCCN(CCCCCCC)c1ccc(C)cc1. The second-order valence-electron chi connectivity index (χ2n) is 6.65. The van der Waals surface area contributed by atoms with Crippen LogP contribution in [0.2, 0.25) is 0 Å². The van der Waals surface area contributed by atoms with Crippen molar-refractivity contribution in [3.8, 4) is 0 Å². The Kier molecular flexibility index (Phi) is 10.9. The topological polar surface area (TPSA) is 3.24 Å². The molecule has 0 fully saturated rings. The van der Waals surface area contributed by atoms with E-state index in [0.717, 1.165) is 0 Å². The molecule has 0 bridgehead atoms. The summed E-state index contributed by atoms with van der Waals surface area (Å²) < 4.78 is 0. The van der Waals surface area contributed by atoms with E-state index in [0.29, 0.717) is 0 Å². The van der Waals surface area contributed by atoms with Gasteiger partial charge in [-0.3, -0.25) is 0 Å². The first-order valence-electron chi connectivity index (χ1n) is 9.59. The first kappa shape index (κ1) is 19.1. The lowest BCUT2D eigenvalue weighted by molar-refractivity contribution is 0.589. The number of aryl methyl sites for hydroxylation is 1. The van der Waals surface area contributed by atoms with Crippen LogP contribution in [-0.2, 0) is 0 Å². The lowest BCUT2D eigenvalue weighted by Gasteiger charge is -2.25. The Hall–Kier alpha value is -0.980. The van der Waals surface area contributed by atoms with Gasteiger partial charge in [0, 0.05) is 18.8 Å². The van der Waals surface area contributed by atoms with Crippen molar-refractivity contribution in [2.24, 2.45) is 0 Å². The molecule has 0 atom stereocenters. The Bertz CT molecular complexity index is 341. The highest BCUT2D eigenvalue weighted by atomic mass is 15.1. The van der Waals surface area contributed by atoms with Crippen molar-refractivity contribution >= 4 is 5.69 Å². The van der Waals surface area contributed by atoms with Gasteiger partial charge in [-0.15, -0.1) is 0 Å². The minimum Gasteiger partial charge on any atom is -0.372 e. The van der Waals surface area contributed by atoms with E-state index < -0.39 is 0 Å². The van der Waals surface area contributed by atoms with E-state index in [2.05, 4.69) is 49.9 Å². The molecule has 0 aliphatic carbocycles. The lowest BCUT2D eigenvalue weighted by atomic mass is 10.1. The highest BCUT2D eigenvalue weighted by molar-refractivity contribution is 5.47. The molecule has 0 amide bonds. The summed E-state index contributed by atoms with van der Waals surface area (Å²) in [4.78, 5) is 2.61. The summed E-state index contributed by atoms with van der Waals surface area (Å²) in [7, 11) is 0. The van der Waals surface area contributed by atoms with Crippen molar-refractivity contribution in [1.29, 1.82) is 0 Å². The van der Waals surface area contributed by atoms with Crippen LogP contribution in [0, 0.1) is 6.92 Å². The van der Waals surface area contributed by atoms with Gasteiger partial charge < -0.3 is 4.90 Å². The Morgan fingerprint density at radius 1 is 0.636 bits per heavy atom. The largest absolute Gasteiger partial charge is 0.372 e. The van der Waals surface area contributed by atoms with Crippen LogP contribution < -0.4 is 4.90 Å². The molecule has 1 aromatic carbocycles. The average molecular weight is 304 g/mol. The van der Waals surface area contributed by atoms with E-state index in [1.807, 2.05) is 0 Å². The summed E-state index contributed by atoms with van der Waals surface area (Å²) in [6, 6.07) is 9.09. The highest BCUT2D eigenvalue weighted by Crippen LogP contribution is 2.18. The Balaban J connectivity index is 2.40. The monoisotopic (exact) mass is 303 g/mol. The molecule has 126 valence electrons. The molecule has 22 heavy (non-hydrogen) atoms. The molecule has 0 radical (unpaired) electrons. The van der Waals surface area contributed by atoms with E-state index in [4.69, 9.17) is 0 Å². The van der Waals surface area contributed by atoms with Crippen LogP contribution in [0.1, 0.15) is 83.6 Å². The Morgan fingerprint density at radius 3 is 1.55 bits per heavy atom. The predicted molar refractivity (Wildman–Crippen MR) is 101 cm³/mol. The number of unbranched alkanes of at least 4 members (excludes halogenated alkanes) is 8. The molecule has 1 aromatic rings. The number of hydrogen-bond donors (Lipinski definition) is 0. The van der Waals surface area contributed by atoms with Gasteiger partial charge in [-0.25, -0.2) is 0 Å². The fourth-order valence-electron chi connectivity index (χ4n) is 2.94. The maximum absolute atomic E-state index is 2.61. The minimum atomic E-state index is 1.22. The van der Waals surface area contributed by atoms with E-state index in [-0.39, 0.29) is 0 Å². The maximum atomic E-state index is 2.61. The van der Waals surface area contributed by atoms with Gasteiger partial charge in [-0.05, 0) is 31.9 Å². The number of hydrogen-bond acceptors (Lipinski definition) is 1. The molecule has 0 saturated heterocycles. The zero-order valence-corrected chi connectivity index (χ0v) is 15.2. The minimum absolute atomic E-state index is 1.22. The third kappa shape index (κ3) is 8.46. The van der Waals surface area contributed by atoms with Gasteiger partial charge in [0.1, 0.15) is 0 Å². The molecule has 0 heterocycles. The zero-order chi connectivity index (χ0) is 16.0. The summed E-state index contributed by atoms with van der Waals surface area (Å²) in [5.74, 6) is 0. The number of nitrogens with zero attached hydrogens (tertiary/aromatic N) is 1. The summed E-state index contributed by atoms with van der Waals surface area (Å²) in [5, 5.41) is 0. The molecular formula is C21H37N. The fraction of sp³-hybridized carbons (Fsp3) is 0.714. The van der Waals surface area contributed by atoms with Gasteiger partial charge in [0.05, 0.1) is 0 Å². The van der Waals surface area contributed by atoms with Gasteiger partial charge >= 0.3 is 0 Å². The molecule has 1 heteroatoms. The Labute approximate surface area is 139 Å². The fourth-order valence-corrected chi connectivity index (χ4v) is 2.94. The molecule has 0 aliphatic heterocycles. The van der Waals surface area contributed by atoms with E-state index >= 15 is 0 Å². The normalized spacial score (nSPS) is 10.9. The van der Waals surface area contributed by atoms with Crippen LogP contribution in [-0.4, -0.2) is 13.1 Å². The van der Waals surface area contributed by atoms with Crippen molar-refractivity contribution < 1.29 is 0 Å². The number of rotatable bonds is 13. The maximum Gasteiger partial charge on any atom is 0.0366 e. The van der Waals surface area contributed by atoms with E-state index in [1.165, 1.54) is 88.5 Å². The molecule has 0 aromatic heterocycles. The lowest BCUT2D eigenvalue weighted by Crippen LogP contribution is -2.25. The smallest absolute Gasteiger partial charge is 0.0366 e. The van der Waals surface area contributed by atoms with Gasteiger partial charge in [0.2, 0.25) is 0 Å². The van der Waals surface area contributed by atoms with Gasteiger partial charge in [-0.1, -0.05) is 82.9 Å². The van der Waals surface area contributed by atoms with Crippen LogP contribution in [0.3, 0.4) is 0 Å². The van der Waals surface area contributed by atoms with Crippen LogP contribution in [0.4, 0.5) is 5.69 Å². The van der Waals surface area contributed by atoms with Crippen molar-refractivity contribution in [1.82, 2.24) is 0 Å². The van der Waals surface area contributed by atoms with Gasteiger partial charge in [-0.2, -0.15) is 0 Å². The Morgan fingerprint density at radius 2 is 1.09 bits per heavy atom. The van der Waals surface area contributed by atoms with E-state index in [1.54, 1.807) is 0 Å². The van der Waals surface area contributed by atoms with E-state index in [9.17, 15) is 0 Å². The number of benzene rings is 1. The molecule has 0 N–H and O–H groups in total. The quantitative estimate of drug-likeness (QED) is 0.365. The molecule has 0 spiro atoms. The van der Waals surface area contributed by atoms with Crippen LogP contribution >= 0.6 is 0 Å². The van der Waals surface area contributed by atoms with Gasteiger partial charge in [0.15, 0.2) is 0 Å². The van der Waals surface area contributed by atoms with Crippen molar-refractivity contribution in [2.75, 3.05) is 18.0 Å². The molecular weight excluding hydrogens is 266 g/mol. The highest BCUT2D eigenvalue weighted by Gasteiger charge is 2.06. The summed E-state index contributed by atoms with van der Waals surface area (Å²) >= 11 is 0. The predicted octanol–water partition coefficient (Wildman–Crippen LogP) is 6.74. The summed E-state index contributed by atoms with van der Waals surface area (Å²) in [6.07, 6.45) is 13.7. The first-order chi connectivity index (χ1) is 10.8. The molecule has 1 rings (SSSR count). The molecule has 1 nitrogen and oxygen atoms in total. The molecule has 0 saturated carbocycles. The average Bonchev–Trinajstić information content (AvgIpc) is 2.53.